The SMILES string of the molecule is CCNCC1(CN2CCCC(C)(C)CC2)CCOCC1. The molecule has 3 heteroatoms. The Morgan fingerprint density at radius 1 is 1.05 bits per heavy atom. The highest BCUT2D eigenvalue weighted by Gasteiger charge is 2.35. The minimum atomic E-state index is 0.447. The van der Waals surface area contributed by atoms with Gasteiger partial charge in [-0.2, -0.15) is 0 Å². The van der Waals surface area contributed by atoms with Crippen LogP contribution in [0.4, 0.5) is 0 Å². The van der Waals surface area contributed by atoms with Gasteiger partial charge in [-0.05, 0) is 62.6 Å². The van der Waals surface area contributed by atoms with E-state index in [0.29, 0.717) is 10.8 Å². The summed E-state index contributed by atoms with van der Waals surface area (Å²) < 4.78 is 5.61. The van der Waals surface area contributed by atoms with Gasteiger partial charge >= 0.3 is 0 Å². The fourth-order valence-electron chi connectivity index (χ4n) is 3.70. The van der Waals surface area contributed by atoms with E-state index < -0.39 is 0 Å². The standard InChI is InChI=1S/C17H34N2O/c1-4-18-14-17(8-12-20-13-9-17)15-19-10-5-6-16(2,3)7-11-19/h18H,4-15H2,1-3H3. The minimum Gasteiger partial charge on any atom is -0.381 e. The molecule has 0 aromatic carbocycles. The molecule has 0 saturated carbocycles. The van der Waals surface area contributed by atoms with Gasteiger partial charge in [0, 0.05) is 26.3 Å². The molecule has 0 aromatic heterocycles. The molecule has 2 fully saturated rings. The largest absolute Gasteiger partial charge is 0.381 e. The van der Waals surface area contributed by atoms with Gasteiger partial charge in [0.25, 0.3) is 0 Å². The zero-order chi connectivity index (χ0) is 14.5. The van der Waals surface area contributed by atoms with Crippen molar-refractivity contribution in [3.8, 4) is 0 Å². The topological polar surface area (TPSA) is 24.5 Å². The molecule has 2 saturated heterocycles. The molecular weight excluding hydrogens is 248 g/mol. The molecule has 0 aromatic rings. The normalized spacial score (nSPS) is 27.1. The van der Waals surface area contributed by atoms with Gasteiger partial charge in [-0.3, -0.25) is 0 Å². The second kappa shape index (κ2) is 7.24. The molecule has 1 N–H and O–H groups in total. The Morgan fingerprint density at radius 3 is 2.50 bits per heavy atom. The summed E-state index contributed by atoms with van der Waals surface area (Å²) in [6.45, 7) is 15.0. The van der Waals surface area contributed by atoms with E-state index in [9.17, 15) is 0 Å². The van der Waals surface area contributed by atoms with E-state index in [1.165, 1.54) is 51.7 Å². The third-order valence-corrected chi connectivity index (χ3v) is 5.30. The van der Waals surface area contributed by atoms with Crippen molar-refractivity contribution >= 4 is 0 Å². The van der Waals surface area contributed by atoms with Crippen LogP contribution in [0, 0.1) is 10.8 Å². The quantitative estimate of drug-likeness (QED) is 0.839. The molecule has 0 atom stereocenters. The molecule has 2 rings (SSSR count). The zero-order valence-electron chi connectivity index (χ0n) is 13.8. The van der Waals surface area contributed by atoms with Gasteiger partial charge in [-0.15, -0.1) is 0 Å². The predicted octanol–water partition coefficient (Wildman–Crippen LogP) is 2.90. The lowest BCUT2D eigenvalue weighted by Gasteiger charge is -2.41. The third kappa shape index (κ3) is 4.71. The first kappa shape index (κ1) is 16.3. The van der Waals surface area contributed by atoms with E-state index in [1.807, 2.05) is 0 Å². The van der Waals surface area contributed by atoms with E-state index >= 15 is 0 Å². The molecule has 0 amide bonds. The second-order valence-corrected chi connectivity index (χ2v) is 7.69. The maximum absolute atomic E-state index is 5.61. The first-order valence-electron chi connectivity index (χ1n) is 8.56. The smallest absolute Gasteiger partial charge is 0.0472 e. The van der Waals surface area contributed by atoms with Gasteiger partial charge in [0.2, 0.25) is 0 Å². The molecule has 0 radical (unpaired) electrons. The van der Waals surface area contributed by atoms with Gasteiger partial charge in [0.1, 0.15) is 0 Å². The van der Waals surface area contributed by atoms with E-state index in [2.05, 4.69) is 31.0 Å². The molecule has 2 heterocycles. The monoisotopic (exact) mass is 282 g/mol. The second-order valence-electron chi connectivity index (χ2n) is 7.69. The lowest BCUT2D eigenvalue weighted by atomic mass is 9.79. The van der Waals surface area contributed by atoms with Crippen molar-refractivity contribution in [3.05, 3.63) is 0 Å². The number of nitrogens with zero attached hydrogens (tertiary/aromatic N) is 1. The van der Waals surface area contributed by atoms with Crippen LogP contribution < -0.4 is 5.32 Å². The number of hydrogen-bond donors (Lipinski definition) is 1. The van der Waals surface area contributed by atoms with Crippen molar-refractivity contribution in [2.75, 3.05) is 45.9 Å². The number of hydrogen-bond acceptors (Lipinski definition) is 3. The molecular formula is C17H34N2O. The highest BCUT2D eigenvalue weighted by molar-refractivity contribution is 4.88. The molecule has 0 unspecified atom stereocenters. The van der Waals surface area contributed by atoms with Crippen LogP contribution in [0.15, 0.2) is 0 Å². The zero-order valence-corrected chi connectivity index (χ0v) is 13.8. The highest BCUT2D eigenvalue weighted by Crippen LogP contribution is 2.34. The summed E-state index contributed by atoms with van der Waals surface area (Å²) in [5.74, 6) is 0. The van der Waals surface area contributed by atoms with Crippen molar-refractivity contribution in [3.63, 3.8) is 0 Å². The molecule has 0 aliphatic carbocycles. The van der Waals surface area contributed by atoms with Crippen LogP contribution in [0.25, 0.3) is 0 Å². The van der Waals surface area contributed by atoms with Crippen molar-refractivity contribution < 1.29 is 4.74 Å². The lowest BCUT2D eigenvalue weighted by molar-refractivity contribution is -0.00402. The first-order chi connectivity index (χ1) is 9.55. The molecule has 118 valence electrons. The van der Waals surface area contributed by atoms with Crippen molar-refractivity contribution in [2.45, 2.75) is 52.9 Å². The summed E-state index contributed by atoms with van der Waals surface area (Å²) in [6.07, 6.45) is 6.54. The summed E-state index contributed by atoms with van der Waals surface area (Å²) in [4.78, 5) is 2.73. The average molecular weight is 282 g/mol. The van der Waals surface area contributed by atoms with Crippen molar-refractivity contribution in [1.29, 1.82) is 0 Å². The molecule has 20 heavy (non-hydrogen) atoms. The maximum Gasteiger partial charge on any atom is 0.0472 e. The van der Waals surface area contributed by atoms with Crippen LogP contribution in [0.5, 0.6) is 0 Å². The lowest BCUT2D eigenvalue weighted by Crippen LogP contribution is -2.47. The van der Waals surface area contributed by atoms with Crippen LogP contribution in [-0.2, 0) is 4.74 Å². The molecule has 2 aliphatic rings. The Balaban J connectivity index is 1.93. The summed E-state index contributed by atoms with van der Waals surface area (Å²) in [7, 11) is 0. The Kier molecular flexibility index (Phi) is 5.88. The van der Waals surface area contributed by atoms with E-state index in [0.717, 1.165) is 26.3 Å². The fourth-order valence-corrected chi connectivity index (χ4v) is 3.70. The number of likely N-dealkylation sites (tertiary alicyclic amines) is 1. The van der Waals surface area contributed by atoms with Crippen LogP contribution in [0.2, 0.25) is 0 Å². The average Bonchev–Trinajstić information content (AvgIpc) is 2.59. The van der Waals surface area contributed by atoms with Gasteiger partial charge in [0.15, 0.2) is 0 Å². The Bertz CT molecular complexity index is 285. The molecule has 0 bridgehead atoms. The van der Waals surface area contributed by atoms with E-state index in [1.54, 1.807) is 0 Å². The minimum absolute atomic E-state index is 0.447. The van der Waals surface area contributed by atoms with Gasteiger partial charge in [-0.1, -0.05) is 20.8 Å². The van der Waals surface area contributed by atoms with Crippen molar-refractivity contribution in [1.82, 2.24) is 10.2 Å². The first-order valence-corrected chi connectivity index (χ1v) is 8.56. The molecule has 0 spiro atoms. The molecule has 3 nitrogen and oxygen atoms in total. The Hall–Kier alpha value is -0.120. The van der Waals surface area contributed by atoms with Crippen LogP contribution in [0.1, 0.15) is 52.9 Å². The maximum atomic E-state index is 5.61. The number of nitrogens with one attached hydrogen (secondary N) is 1. The van der Waals surface area contributed by atoms with Gasteiger partial charge < -0.3 is 15.0 Å². The Labute approximate surface area is 125 Å². The number of ether oxygens (including phenoxy) is 1. The predicted molar refractivity (Wildman–Crippen MR) is 85.1 cm³/mol. The van der Waals surface area contributed by atoms with Gasteiger partial charge in [0.05, 0.1) is 0 Å². The van der Waals surface area contributed by atoms with Gasteiger partial charge in [-0.25, -0.2) is 0 Å². The number of rotatable bonds is 5. The van der Waals surface area contributed by atoms with Crippen molar-refractivity contribution in [2.24, 2.45) is 10.8 Å². The highest BCUT2D eigenvalue weighted by atomic mass is 16.5. The van der Waals surface area contributed by atoms with Crippen LogP contribution in [0.3, 0.4) is 0 Å². The summed E-state index contributed by atoms with van der Waals surface area (Å²) in [5, 5.41) is 3.60. The Morgan fingerprint density at radius 2 is 1.80 bits per heavy atom. The summed E-state index contributed by atoms with van der Waals surface area (Å²) >= 11 is 0. The van der Waals surface area contributed by atoms with E-state index in [4.69, 9.17) is 4.74 Å². The summed E-state index contributed by atoms with van der Waals surface area (Å²) in [6, 6.07) is 0. The van der Waals surface area contributed by atoms with Crippen LogP contribution in [-0.4, -0.2) is 50.8 Å². The fraction of sp³-hybridized carbons (Fsp3) is 1.00. The van der Waals surface area contributed by atoms with Crippen LogP contribution >= 0.6 is 0 Å². The molecule has 2 aliphatic heterocycles. The third-order valence-electron chi connectivity index (χ3n) is 5.30. The summed E-state index contributed by atoms with van der Waals surface area (Å²) in [5.41, 5.74) is 0.988. The van der Waals surface area contributed by atoms with E-state index in [-0.39, 0.29) is 0 Å².